The average Bonchev–Trinajstić information content (AvgIpc) is 2.96. The van der Waals surface area contributed by atoms with Gasteiger partial charge in [0.2, 0.25) is 0 Å². The highest BCUT2D eigenvalue weighted by molar-refractivity contribution is 5.75. The van der Waals surface area contributed by atoms with Crippen molar-refractivity contribution in [2.45, 2.75) is 77.7 Å². The molecule has 5 rings (SSSR count). The maximum Gasteiger partial charge on any atom is 0.317 e. The minimum Gasteiger partial charge on any atom is -0.332 e. The van der Waals surface area contributed by atoms with Gasteiger partial charge >= 0.3 is 6.03 Å². The Morgan fingerprint density at radius 3 is 2.27 bits per heavy atom. The van der Waals surface area contributed by atoms with E-state index in [0.29, 0.717) is 21.7 Å². The van der Waals surface area contributed by atoms with Crippen LogP contribution in [-0.2, 0) is 0 Å². The third-order valence-electron chi connectivity index (χ3n) is 8.54. The third-order valence-corrected chi connectivity index (χ3v) is 8.54. The quantitative estimate of drug-likeness (QED) is 0.782. The van der Waals surface area contributed by atoms with Gasteiger partial charge in [-0.2, -0.15) is 0 Å². The zero-order valence-corrected chi connectivity index (χ0v) is 14.4. The number of nitrogens with one attached hydrogen (secondary N) is 1. The van der Waals surface area contributed by atoms with E-state index in [2.05, 4.69) is 26.1 Å². The van der Waals surface area contributed by atoms with E-state index in [1.807, 2.05) is 4.90 Å². The smallest absolute Gasteiger partial charge is 0.317 e. The number of amides is 2. The van der Waals surface area contributed by atoms with Crippen molar-refractivity contribution in [2.24, 2.45) is 21.7 Å². The van der Waals surface area contributed by atoms with Gasteiger partial charge in [-0.1, -0.05) is 20.8 Å². The summed E-state index contributed by atoms with van der Waals surface area (Å²) >= 11 is 0. The summed E-state index contributed by atoms with van der Waals surface area (Å²) in [5.41, 5.74) is 2.10. The molecule has 1 heterocycles. The van der Waals surface area contributed by atoms with Gasteiger partial charge in [-0.05, 0) is 73.0 Å². The predicted octanol–water partition coefficient (Wildman–Crippen LogP) is 3.93. The minimum atomic E-state index is 0.0929. The van der Waals surface area contributed by atoms with E-state index in [9.17, 15) is 4.79 Å². The number of nitrogens with zero attached hydrogens (tertiary/aromatic N) is 1. The first kappa shape index (κ1) is 13.7. The molecule has 22 heavy (non-hydrogen) atoms. The standard InChI is InChI=1S/C19H30N2O/c1-15-8-16(2)11-17(3)12-18(9-15,13-19(16,17)10-15)20-14(22)21-6-4-5-7-21/h4-13H2,1-3H3,(H,20,22). The number of carbonyl (C=O) groups excluding carboxylic acids is 1. The SMILES string of the molecule is CC12CC3(NC(=O)N4CCCC4)CC4(C)CC(C)(C1)C4(C2)C3. The molecule has 0 aromatic carbocycles. The van der Waals surface area contributed by atoms with Gasteiger partial charge in [0, 0.05) is 18.6 Å². The Bertz CT molecular complexity index is 566. The van der Waals surface area contributed by atoms with E-state index in [0.717, 1.165) is 13.1 Å². The van der Waals surface area contributed by atoms with Crippen molar-refractivity contribution < 1.29 is 4.79 Å². The molecule has 0 aromatic heterocycles. The zero-order valence-electron chi connectivity index (χ0n) is 14.4. The first-order valence-electron chi connectivity index (χ1n) is 9.30. The first-order valence-corrected chi connectivity index (χ1v) is 9.30. The van der Waals surface area contributed by atoms with Gasteiger partial charge in [0.05, 0.1) is 0 Å². The third kappa shape index (κ3) is 1.34. The van der Waals surface area contributed by atoms with Crippen molar-refractivity contribution >= 4 is 6.03 Å². The van der Waals surface area contributed by atoms with Crippen molar-refractivity contribution in [3.05, 3.63) is 0 Å². The molecular formula is C19H30N2O. The largest absolute Gasteiger partial charge is 0.332 e. The maximum absolute atomic E-state index is 12.8. The molecule has 1 spiro atoms. The predicted molar refractivity (Wildman–Crippen MR) is 86.5 cm³/mol. The van der Waals surface area contributed by atoms with E-state index in [-0.39, 0.29) is 11.6 Å². The molecule has 3 bridgehead atoms. The summed E-state index contributed by atoms with van der Waals surface area (Å²) in [5, 5.41) is 3.57. The highest BCUT2D eigenvalue weighted by atomic mass is 16.2. The van der Waals surface area contributed by atoms with Gasteiger partial charge in [-0.15, -0.1) is 0 Å². The van der Waals surface area contributed by atoms with Crippen LogP contribution in [0, 0.1) is 21.7 Å². The second-order valence-corrected chi connectivity index (χ2v) is 10.5. The number of carbonyl (C=O) groups is 1. The summed E-state index contributed by atoms with van der Waals surface area (Å²) in [6.45, 7) is 9.48. The van der Waals surface area contributed by atoms with E-state index in [4.69, 9.17) is 0 Å². The molecule has 3 heteroatoms. The Balaban J connectivity index is 1.48. The van der Waals surface area contributed by atoms with Crippen molar-refractivity contribution in [1.82, 2.24) is 10.2 Å². The topological polar surface area (TPSA) is 32.3 Å². The van der Waals surface area contributed by atoms with Crippen LogP contribution in [0.25, 0.3) is 0 Å². The van der Waals surface area contributed by atoms with Crippen molar-refractivity contribution in [1.29, 1.82) is 0 Å². The molecule has 3 nitrogen and oxygen atoms in total. The van der Waals surface area contributed by atoms with Gasteiger partial charge in [-0.3, -0.25) is 0 Å². The molecule has 5 aliphatic rings. The van der Waals surface area contributed by atoms with Gasteiger partial charge in [0.1, 0.15) is 0 Å². The first-order chi connectivity index (χ1) is 10.2. The van der Waals surface area contributed by atoms with Crippen LogP contribution < -0.4 is 5.32 Å². The van der Waals surface area contributed by atoms with E-state index < -0.39 is 0 Å². The Labute approximate surface area is 134 Å². The molecule has 1 N–H and O–H groups in total. The Morgan fingerprint density at radius 2 is 1.55 bits per heavy atom. The van der Waals surface area contributed by atoms with E-state index in [1.54, 1.807) is 0 Å². The lowest BCUT2D eigenvalue weighted by molar-refractivity contribution is -0.157. The van der Waals surface area contributed by atoms with E-state index >= 15 is 0 Å². The lowest BCUT2D eigenvalue weighted by Gasteiger charge is -2.64. The molecule has 5 atom stereocenters. The van der Waals surface area contributed by atoms with Crippen molar-refractivity contribution in [3.63, 3.8) is 0 Å². The fourth-order valence-electron chi connectivity index (χ4n) is 8.75. The Morgan fingerprint density at radius 1 is 0.864 bits per heavy atom. The average molecular weight is 302 g/mol. The Kier molecular flexibility index (Phi) is 2.19. The number of hydrogen-bond donors (Lipinski definition) is 1. The molecule has 1 saturated heterocycles. The van der Waals surface area contributed by atoms with Crippen LogP contribution in [0.15, 0.2) is 0 Å². The van der Waals surface area contributed by atoms with E-state index in [1.165, 1.54) is 51.4 Å². The molecule has 5 fully saturated rings. The fourth-order valence-corrected chi connectivity index (χ4v) is 8.75. The normalized spacial score (nSPS) is 57.9. The summed E-state index contributed by atoms with van der Waals surface area (Å²) in [6.07, 6.45) is 10.2. The monoisotopic (exact) mass is 302 g/mol. The minimum absolute atomic E-state index is 0.0929. The molecule has 0 aromatic rings. The van der Waals surface area contributed by atoms with Crippen LogP contribution in [-0.4, -0.2) is 29.6 Å². The second-order valence-electron chi connectivity index (χ2n) is 10.5. The van der Waals surface area contributed by atoms with Crippen LogP contribution >= 0.6 is 0 Å². The fraction of sp³-hybridized carbons (Fsp3) is 0.947. The second kappa shape index (κ2) is 3.52. The number of fused-ring (bicyclic) bond motifs is 2. The molecule has 5 unspecified atom stereocenters. The highest BCUT2D eigenvalue weighted by Gasteiger charge is 2.83. The lowest BCUT2D eigenvalue weighted by Crippen LogP contribution is -2.57. The summed E-state index contributed by atoms with van der Waals surface area (Å²) in [5.74, 6) is 0. The summed E-state index contributed by atoms with van der Waals surface area (Å²) in [6, 6.07) is 0.227. The summed E-state index contributed by atoms with van der Waals surface area (Å²) < 4.78 is 0. The van der Waals surface area contributed by atoms with Crippen LogP contribution in [0.5, 0.6) is 0 Å². The number of urea groups is 1. The summed E-state index contributed by atoms with van der Waals surface area (Å²) in [4.78, 5) is 14.8. The molecule has 4 saturated carbocycles. The van der Waals surface area contributed by atoms with Crippen LogP contribution in [0.4, 0.5) is 4.79 Å². The molecule has 4 aliphatic carbocycles. The molecular weight excluding hydrogens is 272 g/mol. The highest BCUT2D eigenvalue weighted by Crippen LogP contribution is 2.89. The van der Waals surface area contributed by atoms with Gasteiger partial charge < -0.3 is 10.2 Å². The van der Waals surface area contributed by atoms with Gasteiger partial charge in [-0.25, -0.2) is 4.79 Å². The van der Waals surface area contributed by atoms with Gasteiger partial charge in [0.25, 0.3) is 0 Å². The van der Waals surface area contributed by atoms with Crippen LogP contribution in [0.1, 0.15) is 72.1 Å². The molecule has 0 radical (unpaired) electrons. The number of rotatable bonds is 1. The Hall–Kier alpha value is -0.730. The summed E-state index contributed by atoms with van der Waals surface area (Å²) in [7, 11) is 0. The number of likely N-dealkylation sites (tertiary alicyclic amines) is 1. The lowest BCUT2D eigenvalue weighted by atomic mass is 9.40. The van der Waals surface area contributed by atoms with Crippen LogP contribution in [0.2, 0.25) is 0 Å². The van der Waals surface area contributed by atoms with Crippen molar-refractivity contribution in [2.75, 3.05) is 13.1 Å². The molecule has 2 amide bonds. The molecule has 1 aliphatic heterocycles. The van der Waals surface area contributed by atoms with Gasteiger partial charge in [0.15, 0.2) is 0 Å². The van der Waals surface area contributed by atoms with Crippen LogP contribution in [0.3, 0.4) is 0 Å². The molecule has 122 valence electrons. The zero-order chi connectivity index (χ0) is 15.4. The number of hydrogen-bond acceptors (Lipinski definition) is 1. The van der Waals surface area contributed by atoms with Crippen molar-refractivity contribution in [3.8, 4) is 0 Å². The maximum atomic E-state index is 12.8.